The van der Waals surface area contributed by atoms with Gasteiger partial charge in [-0.2, -0.15) is 0 Å². The fourth-order valence-electron chi connectivity index (χ4n) is 4.08. The quantitative estimate of drug-likeness (QED) is 0.176. The standard InChI is InChI=1S/C26H45N5O7/c1-16(2)21(23(36)31-13-9-11-18(31)15-32)29-25(38)30-22(35)19(14-20(33)34)28-24(37)27-12-8-7-10-17(3)26(4,5)6/h15-19,21H,7-14H2,1-6H3,(H,33,34)(H2,27,28,37)(H2,29,30,35,38)/t17?,18-,19-,21-/m0/s1. The molecule has 1 rings (SSSR count). The van der Waals surface area contributed by atoms with E-state index in [9.17, 15) is 33.9 Å². The normalized spacial score (nSPS) is 17.8. The summed E-state index contributed by atoms with van der Waals surface area (Å²) in [4.78, 5) is 74.3. The maximum Gasteiger partial charge on any atom is 0.322 e. The Bertz CT molecular complexity index is 855. The molecule has 5 N–H and O–H groups in total. The summed E-state index contributed by atoms with van der Waals surface area (Å²) < 4.78 is 0. The van der Waals surface area contributed by atoms with Crippen LogP contribution >= 0.6 is 0 Å². The van der Waals surface area contributed by atoms with Gasteiger partial charge in [-0.1, -0.05) is 54.4 Å². The highest BCUT2D eigenvalue weighted by Crippen LogP contribution is 2.29. The third kappa shape index (κ3) is 11.1. The van der Waals surface area contributed by atoms with E-state index in [0.717, 1.165) is 19.3 Å². The van der Waals surface area contributed by atoms with Gasteiger partial charge in [0, 0.05) is 13.1 Å². The maximum absolute atomic E-state index is 12.9. The molecule has 6 amide bonds. The van der Waals surface area contributed by atoms with Crippen molar-refractivity contribution in [3.05, 3.63) is 0 Å². The number of carbonyl (C=O) groups is 6. The second kappa shape index (κ2) is 15.3. The van der Waals surface area contributed by atoms with Gasteiger partial charge in [-0.25, -0.2) is 9.59 Å². The lowest BCUT2D eigenvalue weighted by molar-refractivity contribution is -0.139. The van der Waals surface area contributed by atoms with Crippen molar-refractivity contribution in [1.29, 1.82) is 0 Å². The summed E-state index contributed by atoms with van der Waals surface area (Å²) in [6.07, 6.45) is 3.80. The van der Waals surface area contributed by atoms with Gasteiger partial charge in [0.25, 0.3) is 5.91 Å². The number of aliphatic carboxylic acids is 1. The molecule has 1 aliphatic rings. The van der Waals surface area contributed by atoms with Gasteiger partial charge < -0.3 is 30.8 Å². The predicted octanol–water partition coefficient (Wildman–Crippen LogP) is 2.02. The van der Waals surface area contributed by atoms with Crippen LogP contribution in [0.3, 0.4) is 0 Å². The molecule has 4 atom stereocenters. The SMILES string of the molecule is CC(C)[C@H](NC(=O)NC(=O)[C@H](CC(=O)O)NC(=O)NCCCCC(C)C(C)(C)C)C(=O)N1CCC[C@H]1C=O. The van der Waals surface area contributed by atoms with E-state index in [0.29, 0.717) is 38.1 Å². The molecule has 12 nitrogen and oxygen atoms in total. The average Bonchev–Trinajstić information content (AvgIpc) is 3.29. The number of imide groups is 1. The van der Waals surface area contributed by atoms with Crippen LogP contribution in [0.15, 0.2) is 0 Å². The van der Waals surface area contributed by atoms with Crippen LogP contribution in [0, 0.1) is 17.3 Å². The molecule has 0 aromatic heterocycles. The van der Waals surface area contributed by atoms with Crippen LogP contribution in [0.25, 0.3) is 0 Å². The summed E-state index contributed by atoms with van der Waals surface area (Å²) in [5.41, 5.74) is 0.198. The van der Waals surface area contributed by atoms with Crippen molar-refractivity contribution in [3.8, 4) is 0 Å². The van der Waals surface area contributed by atoms with Crippen LogP contribution in [0.2, 0.25) is 0 Å². The minimum atomic E-state index is -1.51. The number of carbonyl (C=O) groups excluding carboxylic acids is 5. The van der Waals surface area contributed by atoms with Crippen LogP contribution in [0.1, 0.15) is 80.1 Å². The maximum atomic E-state index is 12.9. The van der Waals surface area contributed by atoms with Crippen LogP contribution in [0.4, 0.5) is 9.59 Å². The molecule has 0 saturated carbocycles. The van der Waals surface area contributed by atoms with Gasteiger partial charge in [-0.05, 0) is 36.5 Å². The van der Waals surface area contributed by atoms with Gasteiger partial charge in [0.05, 0.1) is 12.5 Å². The van der Waals surface area contributed by atoms with Crippen molar-refractivity contribution in [1.82, 2.24) is 26.2 Å². The average molecular weight is 540 g/mol. The van der Waals surface area contributed by atoms with E-state index in [1.807, 2.05) is 5.32 Å². The number of urea groups is 2. The Morgan fingerprint density at radius 3 is 2.24 bits per heavy atom. The topological polar surface area (TPSA) is 174 Å². The summed E-state index contributed by atoms with van der Waals surface area (Å²) in [6.45, 7) is 12.9. The number of nitrogens with one attached hydrogen (secondary N) is 4. The first-order valence-corrected chi connectivity index (χ1v) is 13.3. The Hall–Kier alpha value is -3.18. The Labute approximate surface area is 225 Å². The van der Waals surface area contributed by atoms with Crippen molar-refractivity contribution in [2.24, 2.45) is 17.3 Å². The third-order valence-electron chi connectivity index (χ3n) is 7.02. The molecule has 0 spiro atoms. The zero-order valence-corrected chi connectivity index (χ0v) is 23.5. The van der Waals surface area contributed by atoms with Crippen molar-refractivity contribution >= 4 is 36.1 Å². The Balaban J connectivity index is 2.64. The molecule has 1 unspecified atom stereocenters. The molecule has 0 bridgehead atoms. The highest BCUT2D eigenvalue weighted by atomic mass is 16.4. The van der Waals surface area contributed by atoms with E-state index >= 15 is 0 Å². The highest BCUT2D eigenvalue weighted by Gasteiger charge is 2.35. The minimum absolute atomic E-state index is 0.198. The number of carboxylic acid groups (broad SMARTS) is 1. The number of aldehydes is 1. The van der Waals surface area contributed by atoms with Gasteiger partial charge in [-0.3, -0.25) is 19.7 Å². The van der Waals surface area contributed by atoms with Gasteiger partial charge >= 0.3 is 18.0 Å². The van der Waals surface area contributed by atoms with Crippen LogP contribution in [0.5, 0.6) is 0 Å². The van der Waals surface area contributed by atoms with E-state index in [1.54, 1.807) is 13.8 Å². The molecule has 0 aromatic carbocycles. The largest absolute Gasteiger partial charge is 0.481 e. The predicted molar refractivity (Wildman–Crippen MR) is 141 cm³/mol. The number of hydrogen-bond donors (Lipinski definition) is 5. The van der Waals surface area contributed by atoms with E-state index in [2.05, 4.69) is 43.6 Å². The number of amides is 6. The lowest BCUT2D eigenvalue weighted by Gasteiger charge is -2.29. The number of hydrogen-bond acceptors (Lipinski definition) is 6. The molecule has 0 aliphatic carbocycles. The number of likely N-dealkylation sites (tertiary alicyclic amines) is 1. The number of unbranched alkanes of at least 4 members (excludes halogenated alkanes) is 1. The molecule has 1 saturated heterocycles. The number of carboxylic acids is 1. The van der Waals surface area contributed by atoms with Crippen LogP contribution in [-0.2, 0) is 19.2 Å². The first-order valence-electron chi connectivity index (χ1n) is 13.3. The fourth-order valence-corrected chi connectivity index (χ4v) is 4.08. The molecule has 0 radical (unpaired) electrons. The molecular formula is C26H45N5O7. The van der Waals surface area contributed by atoms with Crippen LogP contribution < -0.4 is 21.3 Å². The summed E-state index contributed by atoms with van der Waals surface area (Å²) in [7, 11) is 0. The monoisotopic (exact) mass is 539 g/mol. The zero-order chi connectivity index (χ0) is 29.0. The smallest absolute Gasteiger partial charge is 0.322 e. The second-order valence-corrected chi connectivity index (χ2v) is 11.4. The number of rotatable bonds is 13. The first kappa shape index (κ1) is 32.8. The lowest BCUT2D eigenvalue weighted by Crippen LogP contribution is -2.58. The summed E-state index contributed by atoms with van der Waals surface area (Å²) in [5.74, 6) is -2.64. The van der Waals surface area contributed by atoms with Gasteiger partial charge in [0.2, 0.25) is 5.91 Å². The molecule has 1 heterocycles. The molecule has 1 fully saturated rings. The van der Waals surface area contributed by atoms with E-state index in [4.69, 9.17) is 0 Å². The van der Waals surface area contributed by atoms with E-state index in [1.165, 1.54) is 4.90 Å². The molecular weight excluding hydrogens is 494 g/mol. The molecule has 216 valence electrons. The Kier molecular flexibility index (Phi) is 13.2. The lowest BCUT2D eigenvalue weighted by atomic mass is 9.79. The van der Waals surface area contributed by atoms with Crippen LogP contribution in [-0.4, -0.2) is 77.4 Å². The molecule has 38 heavy (non-hydrogen) atoms. The van der Waals surface area contributed by atoms with Crippen molar-refractivity contribution in [2.45, 2.75) is 98.2 Å². The Morgan fingerprint density at radius 1 is 1.03 bits per heavy atom. The van der Waals surface area contributed by atoms with E-state index < -0.39 is 54.4 Å². The van der Waals surface area contributed by atoms with Crippen molar-refractivity contribution < 1.29 is 33.9 Å². The summed E-state index contributed by atoms with van der Waals surface area (Å²) in [6, 6.07) is -4.79. The van der Waals surface area contributed by atoms with Crippen molar-refractivity contribution in [3.63, 3.8) is 0 Å². The van der Waals surface area contributed by atoms with Crippen molar-refractivity contribution in [2.75, 3.05) is 13.1 Å². The first-order chi connectivity index (χ1) is 17.7. The fraction of sp³-hybridized carbons (Fsp3) is 0.769. The zero-order valence-electron chi connectivity index (χ0n) is 23.5. The molecule has 12 heteroatoms. The summed E-state index contributed by atoms with van der Waals surface area (Å²) in [5, 5.41) is 18.5. The molecule has 1 aliphatic heterocycles. The molecule has 0 aromatic rings. The van der Waals surface area contributed by atoms with E-state index in [-0.39, 0.29) is 11.3 Å². The third-order valence-corrected chi connectivity index (χ3v) is 7.02. The minimum Gasteiger partial charge on any atom is -0.481 e. The van der Waals surface area contributed by atoms with Gasteiger partial charge in [-0.15, -0.1) is 0 Å². The Morgan fingerprint density at radius 2 is 1.68 bits per heavy atom. The summed E-state index contributed by atoms with van der Waals surface area (Å²) >= 11 is 0. The van der Waals surface area contributed by atoms with Gasteiger partial charge in [0.15, 0.2) is 0 Å². The second-order valence-electron chi connectivity index (χ2n) is 11.4. The van der Waals surface area contributed by atoms with Gasteiger partial charge in [0.1, 0.15) is 18.4 Å². The highest BCUT2D eigenvalue weighted by molar-refractivity contribution is 6.01. The number of nitrogens with zero attached hydrogens (tertiary/aromatic N) is 1.